The minimum absolute atomic E-state index is 0.101. The van der Waals surface area contributed by atoms with Gasteiger partial charge in [0.1, 0.15) is 5.82 Å². The first-order valence-electron chi connectivity index (χ1n) is 6.26. The molecule has 2 aromatic heterocycles. The standard InChI is InChI=1S/C14H16N4O2/c19-9-8-18(11-12-4-3-6-15-10-12)14(20)17-13-5-1-2-7-16-13/h1-7,10,19H,8-9,11H2,(H,16,17,20). The number of hydrogen-bond acceptors (Lipinski definition) is 4. The van der Waals surface area contributed by atoms with Gasteiger partial charge in [0.2, 0.25) is 0 Å². The third-order valence-electron chi connectivity index (χ3n) is 2.65. The summed E-state index contributed by atoms with van der Waals surface area (Å²) in [7, 11) is 0. The number of anilines is 1. The molecule has 0 bridgehead atoms. The average molecular weight is 272 g/mol. The summed E-state index contributed by atoms with van der Waals surface area (Å²) in [6.07, 6.45) is 4.97. The highest BCUT2D eigenvalue weighted by Gasteiger charge is 2.14. The van der Waals surface area contributed by atoms with E-state index in [2.05, 4.69) is 15.3 Å². The summed E-state index contributed by atoms with van der Waals surface area (Å²) >= 11 is 0. The molecule has 2 rings (SSSR count). The average Bonchev–Trinajstić information content (AvgIpc) is 2.49. The minimum Gasteiger partial charge on any atom is -0.395 e. The van der Waals surface area contributed by atoms with Crippen molar-refractivity contribution in [2.75, 3.05) is 18.5 Å². The monoisotopic (exact) mass is 272 g/mol. The number of aliphatic hydroxyl groups is 1. The normalized spacial score (nSPS) is 10.1. The summed E-state index contributed by atoms with van der Waals surface area (Å²) in [6, 6.07) is 8.66. The quantitative estimate of drug-likeness (QED) is 0.864. The van der Waals surface area contributed by atoms with Gasteiger partial charge in [-0.2, -0.15) is 0 Å². The molecule has 6 heteroatoms. The summed E-state index contributed by atoms with van der Waals surface area (Å²) < 4.78 is 0. The van der Waals surface area contributed by atoms with Gasteiger partial charge in [0, 0.05) is 31.7 Å². The van der Waals surface area contributed by atoms with Crippen molar-refractivity contribution in [3.05, 3.63) is 54.5 Å². The molecule has 2 amide bonds. The van der Waals surface area contributed by atoms with Crippen molar-refractivity contribution < 1.29 is 9.90 Å². The molecule has 0 aliphatic carbocycles. The molecule has 6 nitrogen and oxygen atoms in total. The molecule has 104 valence electrons. The highest BCUT2D eigenvalue weighted by Crippen LogP contribution is 2.06. The van der Waals surface area contributed by atoms with Crippen LogP contribution in [0.5, 0.6) is 0 Å². The van der Waals surface area contributed by atoms with Crippen molar-refractivity contribution in [3.63, 3.8) is 0 Å². The Morgan fingerprint density at radius 1 is 1.25 bits per heavy atom. The fourth-order valence-corrected chi connectivity index (χ4v) is 1.71. The van der Waals surface area contributed by atoms with Gasteiger partial charge in [-0.3, -0.25) is 10.3 Å². The van der Waals surface area contributed by atoms with Crippen molar-refractivity contribution >= 4 is 11.8 Å². The van der Waals surface area contributed by atoms with E-state index < -0.39 is 0 Å². The van der Waals surface area contributed by atoms with Crippen LogP contribution in [0.3, 0.4) is 0 Å². The van der Waals surface area contributed by atoms with Crippen molar-refractivity contribution in [3.8, 4) is 0 Å². The van der Waals surface area contributed by atoms with E-state index in [0.717, 1.165) is 5.56 Å². The molecule has 20 heavy (non-hydrogen) atoms. The van der Waals surface area contributed by atoms with Gasteiger partial charge in [-0.1, -0.05) is 12.1 Å². The van der Waals surface area contributed by atoms with Gasteiger partial charge >= 0.3 is 6.03 Å². The summed E-state index contributed by atoms with van der Waals surface area (Å²) in [5.41, 5.74) is 0.900. The first-order chi connectivity index (χ1) is 9.79. The van der Waals surface area contributed by atoms with Crippen LogP contribution in [-0.2, 0) is 6.54 Å². The molecule has 0 radical (unpaired) electrons. The van der Waals surface area contributed by atoms with E-state index in [1.807, 2.05) is 12.1 Å². The number of carbonyl (C=O) groups is 1. The number of amides is 2. The second-order valence-electron chi connectivity index (χ2n) is 4.15. The maximum atomic E-state index is 12.2. The zero-order valence-electron chi connectivity index (χ0n) is 10.9. The Balaban J connectivity index is 2.02. The Morgan fingerprint density at radius 2 is 2.15 bits per heavy atom. The third-order valence-corrected chi connectivity index (χ3v) is 2.65. The van der Waals surface area contributed by atoms with Crippen molar-refractivity contribution in [2.24, 2.45) is 0 Å². The van der Waals surface area contributed by atoms with Gasteiger partial charge in [0.05, 0.1) is 6.61 Å². The number of nitrogens with zero attached hydrogens (tertiary/aromatic N) is 3. The van der Waals surface area contributed by atoms with Crippen molar-refractivity contribution in [1.82, 2.24) is 14.9 Å². The maximum Gasteiger partial charge on any atom is 0.323 e. The van der Waals surface area contributed by atoms with Gasteiger partial charge in [-0.15, -0.1) is 0 Å². The Morgan fingerprint density at radius 3 is 2.80 bits per heavy atom. The molecular weight excluding hydrogens is 256 g/mol. The van der Waals surface area contributed by atoms with Crippen LogP contribution >= 0.6 is 0 Å². The van der Waals surface area contributed by atoms with Crippen LogP contribution in [-0.4, -0.2) is 39.2 Å². The van der Waals surface area contributed by atoms with Crippen LogP contribution in [0, 0.1) is 0 Å². The summed E-state index contributed by atoms with van der Waals surface area (Å²) in [5.74, 6) is 0.478. The molecule has 0 spiro atoms. The third kappa shape index (κ3) is 4.03. The predicted molar refractivity (Wildman–Crippen MR) is 75.0 cm³/mol. The Hall–Kier alpha value is -2.47. The molecule has 2 N–H and O–H groups in total. The zero-order valence-corrected chi connectivity index (χ0v) is 10.9. The topological polar surface area (TPSA) is 78.4 Å². The molecule has 0 saturated heterocycles. The predicted octanol–water partition coefficient (Wildman–Crippen LogP) is 1.50. The molecule has 0 unspecified atom stereocenters. The second-order valence-corrected chi connectivity index (χ2v) is 4.15. The summed E-state index contributed by atoms with van der Waals surface area (Å²) in [5, 5.41) is 11.8. The molecule has 2 heterocycles. The van der Waals surface area contributed by atoms with Gasteiger partial charge in [-0.25, -0.2) is 9.78 Å². The SMILES string of the molecule is O=C(Nc1ccccn1)N(CCO)Cc1cccnc1. The van der Waals surface area contributed by atoms with E-state index in [9.17, 15) is 4.79 Å². The first-order valence-corrected chi connectivity index (χ1v) is 6.26. The molecule has 0 aliphatic rings. The number of pyridine rings is 2. The van der Waals surface area contributed by atoms with E-state index in [0.29, 0.717) is 12.4 Å². The fourth-order valence-electron chi connectivity index (χ4n) is 1.71. The number of aromatic nitrogens is 2. The largest absolute Gasteiger partial charge is 0.395 e. The van der Waals surface area contributed by atoms with Crippen LogP contribution < -0.4 is 5.32 Å². The molecule has 2 aromatic rings. The lowest BCUT2D eigenvalue weighted by Crippen LogP contribution is -2.36. The fraction of sp³-hybridized carbons (Fsp3) is 0.214. The Kier molecular flexibility index (Phi) is 5.02. The van der Waals surface area contributed by atoms with E-state index >= 15 is 0 Å². The van der Waals surface area contributed by atoms with Gasteiger partial charge in [-0.05, 0) is 23.8 Å². The number of hydrogen-bond donors (Lipinski definition) is 2. The van der Waals surface area contributed by atoms with Gasteiger partial charge in [0.15, 0.2) is 0 Å². The number of aliphatic hydroxyl groups excluding tert-OH is 1. The molecular formula is C14H16N4O2. The molecule has 0 atom stereocenters. The summed E-state index contributed by atoms with van der Waals surface area (Å²) in [4.78, 5) is 21.7. The van der Waals surface area contributed by atoms with Crippen LogP contribution in [0.15, 0.2) is 48.9 Å². The van der Waals surface area contributed by atoms with Crippen LogP contribution in [0.1, 0.15) is 5.56 Å². The van der Waals surface area contributed by atoms with E-state index in [-0.39, 0.29) is 19.2 Å². The number of carbonyl (C=O) groups excluding carboxylic acids is 1. The number of urea groups is 1. The zero-order chi connectivity index (χ0) is 14.2. The lowest BCUT2D eigenvalue weighted by atomic mass is 10.2. The Bertz CT molecular complexity index is 533. The first kappa shape index (κ1) is 14.0. The molecule has 0 aliphatic heterocycles. The second kappa shape index (κ2) is 7.20. The molecule has 0 fully saturated rings. The summed E-state index contributed by atoms with van der Waals surface area (Å²) in [6.45, 7) is 0.524. The van der Waals surface area contributed by atoms with Gasteiger partial charge < -0.3 is 10.0 Å². The highest BCUT2D eigenvalue weighted by molar-refractivity contribution is 5.88. The maximum absolute atomic E-state index is 12.2. The van der Waals surface area contributed by atoms with E-state index in [1.165, 1.54) is 4.90 Å². The number of nitrogens with one attached hydrogen (secondary N) is 1. The Labute approximate surface area is 117 Å². The van der Waals surface area contributed by atoms with Crippen molar-refractivity contribution in [2.45, 2.75) is 6.54 Å². The van der Waals surface area contributed by atoms with E-state index in [1.54, 1.807) is 36.8 Å². The van der Waals surface area contributed by atoms with Crippen LogP contribution in [0.4, 0.5) is 10.6 Å². The molecule has 0 aromatic carbocycles. The van der Waals surface area contributed by atoms with E-state index in [4.69, 9.17) is 5.11 Å². The van der Waals surface area contributed by atoms with Crippen molar-refractivity contribution in [1.29, 1.82) is 0 Å². The minimum atomic E-state index is -0.304. The lowest BCUT2D eigenvalue weighted by Gasteiger charge is -2.21. The van der Waals surface area contributed by atoms with Gasteiger partial charge in [0.25, 0.3) is 0 Å². The smallest absolute Gasteiger partial charge is 0.323 e. The molecule has 0 saturated carbocycles. The number of rotatable bonds is 5. The lowest BCUT2D eigenvalue weighted by molar-refractivity contribution is 0.185. The highest BCUT2D eigenvalue weighted by atomic mass is 16.3. The van der Waals surface area contributed by atoms with Crippen LogP contribution in [0.25, 0.3) is 0 Å². The van der Waals surface area contributed by atoms with Crippen LogP contribution in [0.2, 0.25) is 0 Å².